The van der Waals surface area contributed by atoms with Gasteiger partial charge < -0.3 is 14.8 Å². The summed E-state index contributed by atoms with van der Waals surface area (Å²) < 4.78 is 11.4. The highest BCUT2D eigenvalue weighted by Crippen LogP contribution is 2.35. The molecular weight excluding hydrogens is 336 g/mol. The van der Waals surface area contributed by atoms with Gasteiger partial charge in [-0.15, -0.1) is 0 Å². The lowest BCUT2D eigenvalue weighted by Crippen LogP contribution is -2.31. The first-order valence-electron chi connectivity index (χ1n) is 8.45. The smallest absolute Gasteiger partial charge is 0.329 e. The van der Waals surface area contributed by atoms with E-state index >= 15 is 0 Å². The maximum Gasteiger partial charge on any atom is 0.329 e. The predicted octanol–water partition coefficient (Wildman–Crippen LogP) is 2.69. The number of fused-ring (bicyclic) bond motifs is 1. The number of benzene rings is 1. The van der Waals surface area contributed by atoms with Crippen LogP contribution in [-0.4, -0.2) is 27.9 Å². The third-order valence-corrected chi connectivity index (χ3v) is 4.49. The Bertz CT molecular complexity index is 868. The van der Waals surface area contributed by atoms with Crippen LogP contribution >= 0.6 is 0 Å². The van der Waals surface area contributed by atoms with Crippen molar-refractivity contribution in [2.75, 3.05) is 4.90 Å². The largest absolute Gasteiger partial charge is 0.424 e. The number of rotatable bonds is 4. The number of hydrogen-bond acceptors (Lipinski definition) is 6. The number of aromatic nitrogens is 2. The normalized spacial score (nSPS) is 21.7. The minimum Gasteiger partial charge on any atom is -0.424 e. The lowest BCUT2D eigenvalue weighted by Gasteiger charge is -2.12. The van der Waals surface area contributed by atoms with Gasteiger partial charge in [0.05, 0.1) is 30.8 Å². The van der Waals surface area contributed by atoms with Gasteiger partial charge in [0.25, 0.3) is 5.91 Å². The van der Waals surface area contributed by atoms with Crippen molar-refractivity contribution in [3.05, 3.63) is 41.7 Å². The van der Waals surface area contributed by atoms with E-state index in [2.05, 4.69) is 22.2 Å². The number of amides is 3. The van der Waals surface area contributed by atoms with Crippen molar-refractivity contribution in [3.63, 3.8) is 0 Å². The molecule has 1 saturated heterocycles. The average molecular weight is 354 g/mol. The van der Waals surface area contributed by atoms with E-state index in [0.29, 0.717) is 18.0 Å². The standard InChI is InChI=1S/C18H18N4O4/c1-3-15-14-6-13(5-4-11(14)9-25-15)26-17-19-7-12(8-20-17)22-16(23)10(2)21-18(22)24/h4-8,10,15H,3,9H2,1-2H3,(H,21,24)/t10-,15?/m0/s1. The summed E-state index contributed by atoms with van der Waals surface area (Å²) in [6.07, 6.45) is 3.76. The van der Waals surface area contributed by atoms with Crippen molar-refractivity contribution in [1.29, 1.82) is 0 Å². The molecular formula is C18H18N4O4. The molecule has 1 fully saturated rings. The van der Waals surface area contributed by atoms with Crippen LogP contribution in [0.25, 0.3) is 0 Å². The fraction of sp³-hybridized carbons (Fsp3) is 0.333. The molecule has 0 bridgehead atoms. The second kappa shape index (κ2) is 6.38. The summed E-state index contributed by atoms with van der Waals surface area (Å²) in [5, 5.41) is 2.54. The van der Waals surface area contributed by atoms with E-state index in [1.165, 1.54) is 12.4 Å². The Balaban J connectivity index is 1.52. The highest BCUT2D eigenvalue weighted by molar-refractivity contribution is 6.21. The Morgan fingerprint density at radius 3 is 2.73 bits per heavy atom. The summed E-state index contributed by atoms with van der Waals surface area (Å²) in [7, 11) is 0. The van der Waals surface area contributed by atoms with Crippen LogP contribution in [0.1, 0.15) is 37.5 Å². The minimum absolute atomic E-state index is 0.0820. The fourth-order valence-corrected chi connectivity index (χ4v) is 3.12. The summed E-state index contributed by atoms with van der Waals surface area (Å²) in [5.74, 6) is 0.278. The van der Waals surface area contributed by atoms with Crippen LogP contribution in [0.2, 0.25) is 0 Å². The monoisotopic (exact) mass is 354 g/mol. The van der Waals surface area contributed by atoms with Gasteiger partial charge in [0.2, 0.25) is 0 Å². The van der Waals surface area contributed by atoms with Gasteiger partial charge in [-0.1, -0.05) is 13.0 Å². The van der Waals surface area contributed by atoms with Crippen LogP contribution in [0.15, 0.2) is 30.6 Å². The molecule has 0 saturated carbocycles. The Labute approximate surface area is 150 Å². The molecule has 1 N–H and O–H groups in total. The topological polar surface area (TPSA) is 93.7 Å². The molecule has 1 unspecified atom stereocenters. The third kappa shape index (κ3) is 2.78. The van der Waals surface area contributed by atoms with Crippen LogP contribution in [0.5, 0.6) is 11.8 Å². The Kier molecular flexibility index (Phi) is 4.04. The molecule has 2 aliphatic rings. The number of nitrogens with zero attached hydrogens (tertiary/aromatic N) is 3. The van der Waals surface area contributed by atoms with Gasteiger partial charge in [-0.3, -0.25) is 4.79 Å². The zero-order valence-corrected chi connectivity index (χ0v) is 14.4. The van der Waals surface area contributed by atoms with E-state index in [9.17, 15) is 9.59 Å². The zero-order valence-electron chi connectivity index (χ0n) is 14.4. The molecule has 0 aliphatic carbocycles. The second-order valence-corrected chi connectivity index (χ2v) is 6.24. The zero-order chi connectivity index (χ0) is 18.3. The second-order valence-electron chi connectivity index (χ2n) is 6.24. The van der Waals surface area contributed by atoms with E-state index < -0.39 is 12.1 Å². The molecule has 2 atom stereocenters. The van der Waals surface area contributed by atoms with Crippen LogP contribution in [0.4, 0.5) is 10.5 Å². The molecule has 3 amide bonds. The molecule has 26 heavy (non-hydrogen) atoms. The van der Waals surface area contributed by atoms with Crippen LogP contribution in [0.3, 0.4) is 0 Å². The molecule has 1 aromatic heterocycles. The Hall–Kier alpha value is -3.00. The number of anilines is 1. The Morgan fingerprint density at radius 1 is 1.31 bits per heavy atom. The maximum absolute atomic E-state index is 12.0. The van der Waals surface area contributed by atoms with Crippen molar-refractivity contribution in [1.82, 2.24) is 15.3 Å². The van der Waals surface area contributed by atoms with E-state index in [1.54, 1.807) is 6.92 Å². The molecule has 8 nitrogen and oxygen atoms in total. The first kappa shape index (κ1) is 16.5. The van der Waals surface area contributed by atoms with Crippen LogP contribution < -0.4 is 15.0 Å². The highest BCUT2D eigenvalue weighted by atomic mass is 16.5. The molecule has 2 aromatic rings. The third-order valence-electron chi connectivity index (χ3n) is 4.49. The van der Waals surface area contributed by atoms with Crippen LogP contribution in [-0.2, 0) is 16.1 Å². The summed E-state index contributed by atoms with van der Waals surface area (Å²) in [6.45, 7) is 4.31. The lowest BCUT2D eigenvalue weighted by molar-refractivity contribution is -0.117. The minimum atomic E-state index is -0.557. The van der Waals surface area contributed by atoms with Gasteiger partial charge in [-0.25, -0.2) is 19.7 Å². The fourth-order valence-electron chi connectivity index (χ4n) is 3.12. The number of hydrogen-bond donors (Lipinski definition) is 1. The summed E-state index contributed by atoms with van der Waals surface area (Å²) in [5.41, 5.74) is 2.58. The highest BCUT2D eigenvalue weighted by Gasteiger charge is 2.36. The number of urea groups is 1. The molecule has 2 aliphatic heterocycles. The molecule has 0 spiro atoms. The van der Waals surface area contributed by atoms with Crippen molar-refractivity contribution < 1.29 is 19.1 Å². The van der Waals surface area contributed by atoms with E-state index in [-0.39, 0.29) is 18.0 Å². The van der Waals surface area contributed by atoms with E-state index in [4.69, 9.17) is 9.47 Å². The summed E-state index contributed by atoms with van der Waals surface area (Å²) in [4.78, 5) is 33.1. The molecule has 0 radical (unpaired) electrons. The number of carbonyl (C=O) groups is 2. The first-order valence-corrected chi connectivity index (χ1v) is 8.45. The lowest BCUT2D eigenvalue weighted by atomic mass is 10.0. The average Bonchev–Trinajstić information content (AvgIpc) is 3.16. The predicted molar refractivity (Wildman–Crippen MR) is 91.8 cm³/mol. The first-order chi connectivity index (χ1) is 12.6. The summed E-state index contributed by atoms with van der Waals surface area (Å²) in [6, 6.07) is 4.86. The summed E-state index contributed by atoms with van der Waals surface area (Å²) >= 11 is 0. The Morgan fingerprint density at radius 2 is 2.08 bits per heavy atom. The molecule has 4 rings (SSSR count). The van der Waals surface area contributed by atoms with Gasteiger partial charge in [0.15, 0.2) is 0 Å². The van der Waals surface area contributed by atoms with Gasteiger partial charge in [-0.05, 0) is 36.6 Å². The van der Waals surface area contributed by atoms with E-state index in [1.807, 2.05) is 18.2 Å². The molecule has 134 valence electrons. The van der Waals surface area contributed by atoms with E-state index in [0.717, 1.165) is 22.4 Å². The number of nitrogens with one attached hydrogen (secondary N) is 1. The number of ether oxygens (including phenoxy) is 2. The quantitative estimate of drug-likeness (QED) is 0.849. The van der Waals surface area contributed by atoms with Crippen molar-refractivity contribution >= 4 is 17.6 Å². The molecule has 8 heteroatoms. The van der Waals surface area contributed by atoms with Gasteiger partial charge >= 0.3 is 12.0 Å². The van der Waals surface area contributed by atoms with Gasteiger partial charge in [0.1, 0.15) is 11.8 Å². The number of imide groups is 1. The maximum atomic E-state index is 12.0. The molecule has 1 aromatic carbocycles. The van der Waals surface area contributed by atoms with Gasteiger partial charge in [-0.2, -0.15) is 0 Å². The SMILES string of the molecule is CCC1OCc2ccc(Oc3ncc(N4C(=O)N[C@@H](C)C4=O)cn3)cc21. The van der Waals surface area contributed by atoms with Gasteiger partial charge in [0, 0.05) is 0 Å². The number of carbonyl (C=O) groups excluding carboxylic acids is 2. The van der Waals surface area contributed by atoms with Crippen molar-refractivity contribution in [3.8, 4) is 11.8 Å². The van der Waals surface area contributed by atoms with Crippen molar-refractivity contribution in [2.45, 2.75) is 39.0 Å². The van der Waals surface area contributed by atoms with Crippen molar-refractivity contribution in [2.24, 2.45) is 0 Å². The molecule has 3 heterocycles. The van der Waals surface area contributed by atoms with Crippen LogP contribution in [0, 0.1) is 0 Å².